The lowest BCUT2D eigenvalue weighted by Crippen LogP contribution is -2.42. The van der Waals surface area contributed by atoms with E-state index in [-0.39, 0.29) is 6.61 Å². The number of nitrogens with zero attached hydrogens (tertiary/aromatic N) is 1. The van der Waals surface area contributed by atoms with Gasteiger partial charge < -0.3 is 16.6 Å². The summed E-state index contributed by atoms with van der Waals surface area (Å²) in [6, 6.07) is 7.85. The Bertz CT molecular complexity index is 610. The maximum atomic E-state index is 9.48. The molecule has 100 valence electrons. The normalized spacial score (nSPS) is 22.2. The first kappa shape index (κ1) is 12.6. The standard InChI is InChI=1S/C14H17N3OS/c15-13-17-11-5-6-14(16,7-12(11)19-13)10-4-2-1-3-9(10)8-18/h1-4,18H,5-8,16H2,(H2,15,17). The van der Waals surface area contributed by atoms with Crippen LogP contribution in [0.2, 0.25) is 0 Å². The quantitative estimate of drug-likeness (QED) is 0.776. The molecule has 0 bridgehead atoms. The SMILES string of the molecule is Nc1nc2c(s1)CC(N)(c1ccccc1CO)CC2. The van der Waals surface area contributed by atoms with Crippen LogP contribution >= 0.6 is 11.3 Å². The van der Waals surface area contributed by atoms with Gasteiger partial charge in [0.1, 0.15) is 0 Å². The molecule has 2 aromatic rings. The van der Waals surface area contributed by atoms with E-state index in [1.165, 1.54) is 16.2 Å². The zero-order valence-corrected chi connectivity index (χ0v) is 11.4. The van der Waals surface area contributed by atoms with Crippen LogP contribution in [-0.2, 0) is 25.0 Å². The molecule has 1 aromatic carbocycles. The molecule has 1 aliphatic rings. The molecule has 0 radical (unpaired) electrons. The van der Waals surface area contributed by atoms with Crippen molar-refractivity contribution in [3.63, 3.8) is 0 Å². The lowest BCUT2D eigenvalue weighted by Gasteiger charge is -2.34. The number of aliphatic hydroxyl groups excluding tert-OH is 1. The lowest BCUT2D eigenvalue weighted by atomic mass is 9.77. The highest BCUT2D eigenvalue weighted by molar-refractivity contribution is 7.15. The van der Waals surface area contributed by atoms with Gasteiger partial charge in [0.25, 0.3) is 0 Å². The van der Waals surface area contributed by atoms with E-state index in [0.29, 0.717) is 5.13 Å². The highest BCUT2D eigenvalue weighted by atomic mass is 32.1. The van der Waals surface area contributed by atoms with Gasteiger partial charge in [0.2, 0.25) is 0 Å². The van der Waals surface area contributed by atoms with Gasteiger partial charge in [-0.3, -0.25) is 0 Å². The number of aromatic nitrogens is 1. The first-order valence-corrected chi connectivity index (χ1v) is 7.16. The summed E-state index contributed by atoms with van der Waals surface area (Å²) in [5.41, 5.74) is 15.0. The van der Waals surface area contributed by atoms with Crippen molar-refractivity contribution in [2.24, 2.45) is 5.73 Å². The molecule has 0 amide bonds. The zero-order chi connectivity index (χ0) is 13.5. The maximum Gasteiger partial charge on any atom is 0.180 e. The number of rotatable bonds is 2. The second-order valence-electron chi connectivity index (χ2n) is 5.07. The van der Waals surface area contributed by atoms with Crippen LogP contribution in [0, 0.1) is 0 Å². The Morgan fingerprint density at radius 2 is 2.16 bits per heavy atom. The van der Waals surface area contributed by atoms with E-state index < -0.39 is 5.54 Å². The molecule has 0 fully saturated rings. The van der Waals surface area contributed by atoms with Gasteiger partial charge in [-0.15, -0.1) is 11.3 Å². The predicted octanol–water partition coefficient (Wildman–Crippen LogP) is 1.56. The highest BCUT2D eigenvalue weighted by Crippen LogP contribution is 2.38. The summed E-state index contributed by atoms with van der Waals surface area (Å²) < 4.78 is 0. The summed E-state index contributed by atoms with van der Waals surface area (Å²) >= 11 is 1.52. The molecule has 4 nitrogen and oxygen atoms in total. The molecule has 5 N–H and O–H groups in total. The van der Waals surface area contributed by atoms with Crippen LogP contribution in [0.4, 0.5) is 5.13 Å². The summed E-state index contributed by atoms with van der Waals surface area (Å²) in [6.07, 6.45) is 2.42. The number of nitrogen functional groups attached to an aromatic ring is 1. The van der Waals surface area contributed by atoms with Crippen molar-refractivity contribution in [2.45, 2.75) is 31.4 Å². The summed E-state index contributed by atoms with van der Waals surface area (Å²) in [5, 5.41) is 10.1. The minimum absolute atomic E-state index is 0.0206. The second-order valence-corrected chi connectivity index (χ2v) is 6.19. The van der Waals surface area contributed by atoms with Gasteiger partial charge in [0.05, 0.1) is 12.3 Å². The predicted molar refractivity (Wildman–Crippen MR) is 76.8 cm³/mol. The van der Waals surface area contributed by atoms with Crippen molar-refractivity contribution >= 4 is 16.5 Å². The molecule has 3 rings (SSSR count). The molecule has 1 atom stereocenters. The van der Waals surface area contributed by atoms with Crippen molar-refractivity contribution in [2.75, 3.05) is 5.73 Å². The molecule has 0 aliphatic heterocycles. The number of benzene rings is 1. The topological polar surface area (TPSA) is 85.2 Å². The van der Waals surface area contributed by atoms with E-state index >= 15 is 0 Å². The Morgan fingerprint density at radius 3 is 2.95 bits per heavy atom. The maximum absolute atomic E-state index is 9.48. The summed E-state index contributed by atoms with van der Waals surface area (Å²) in [7, 11) is 0. The van der Waals surface area contributed by atoms with Crippen molar-refractivity contribution in [1.29, 1.82) is 0 Å². The first-order chi connectivity index (χ1) is 9.12. The highest BCUT2D eigenvalue weighted by Gasteiger charge is 2.35. The van der Waals surface area contributed by atoms with Crippen molar-refractivity contribution in [3.05, 3.63) is 46.0 Å². The van der Waals surface area contributed by atoms with E-state index in [1.54, 1.807) is 0 Å². The molecule has 0 saturated heterocycles. The minimum Gasteiger partial charge on any atom is -0.392 e. The number of fused-ring (bicyclic) bond motifs is 1. The fourth-order valence-corrected chi connectivity index (χ4v) is 3.83. The van der Waals surface area contributed by atoms with Crippen molar-refractivity contribution < 1.29 is 5.11 Å². The Morgan fingerprint density at radius 1 is 1.37 bits per heavy atom. The zero-order valence-electron chi connectivity index (χ0n) is 10.6. The summed E-state index contributed by atoms with van der Waals surface area (Å²) in [4.78, 5) is 5.52. The van der Waals surface area contributed by atoms with Gasteiger partial charge in [-0.2, -0.15) is 0 Å². The number of hydrogen-bond acceptors (Lipinski definition) is 5. The van der Waals surface area contributed by atoms with E-state index in [0.717, 1.165) is 36.1 Å². The van der Waals surface area contributed by atoms with Crippen LogP contribution in [0.15, 0.2) is 24.3 Å². The Labute approximate surface area is 116 Å². The average molecular weight is 275 g/mol. The van der Waals surface area contributed by atoms with Crippen LogP contribution in [0.1, 0.15) is 28.1 Å². The summed E-state index contributed by atoms with van der Waals surface area (Å²) in [5.74, 6) is 0. The Hall–Kier alpha value is -1.43. The molecule has 0 saturated carbocycles. The fraction of sp³-hybridized carbons (Fsp3) is 0.357. The van der Waals surface area contributed by atoms with Gasteiger partial charge >= 0.3 is 0 Å². The van der Waals surface area contributed by atoms with Crippen LogP contribution < -0.4 is 11.5 Å². The number of anilines is 1. The Kier molecular flexibility index (Phi) is 3.05. The molecule has 19 heavy (non-hydrogen) atoms. The number of nitrogens with two attached hydrogens (primary N) is 2. The third kappa shape index (κ3) is 2.14. The van der Waals surface area contributed by atoms with Gasteiger partial charge in [-0.1, -0.05) is 24.3 Å². The van der Waals surface area contributed by atoms with Gasteiger partial charge in [-0.25, -0.2) is 4.98 Å². The van der Waals surface area contributed by atoms with E-state index in [1.807, 2.05) is 24.3 Å². The number of aliphatic hydroxyl groups is 1. The van der Waals surface area contributed by atoms with Crippen molar-refractivity contribution in [3.8, 4) is 0 Å². The molecular formula is C14H17N3OS. The number of aryl methyl sites for hydroxylation is 1. The third-order valence-electron chi connectivity index (χ3n) is 3.80. The van der Waals surface area contributed by atoms with Gasteiger partial charge in [-0.05, 0) is 24.0 Å². The van der Waals surface area contributed by atoms with Crippen molar-refractivity contribution in [1.82, 2.24) is 4.98 Å². The fourth-order valence-electron chi connectivity index (χ4n) is 2.83. The number of thiazole rings is 1. The van der Waals surface area contributed by atoms with Crippen LogP contribution in [-0.4, -0.2) is 10.1 Å². The average Bonchev–Trinajstić information content (AvgIpc) is 2.77. The minimum atomic E-state index is -0.425. The molecular weight excluding hydrogens is 258 g/mol. The smallest absolute Gasteiger partial charge is 0.180 e. The lowest BCUT2D eigenvalue weighted by molar-refractivity contribution is 0.274. The third-order valence-corrected chi connectivity index (χ3v) is 4.73. The van der Waals surface area contributed by atoms with Crippen LogP contribution in [0.5, 0.6) is 0 Å². The molecule has 1 aromatic heterocycles. The first-order valence-electron chi connectivity index (χ1n) is 6.34. The molecule has 5 heteroatoms. The van der Waals surface area contributed by atoms with E-state index in [9.17, 15) is 5.11 Å². The molecule has 1 heterocycles. The second kappa shape index (κ2) is 4.59. The molecule has 1 aliphatic carbocycles. The van der Waals surface area contributed by atoms with E-state index in [4.69, 9.17) is 11.5 Å². The number of hydrogen-bond donors (Lipinski definition) is 3. The van der Waals surface area contributed by atoms with Crippen LogP contribution in [0.3, 0.4) is 0 Å². The summed E-state index contributed by atoms with van der Waals surface area (Å²) in [6.45, 7) is 0.0206. The van der Waals surface area contributed by atoms with Crippen LogP contribution in [0.25, 0.3) is 0 Å². The molecule has 1 unspecified atom stereocenters. The molecule has 0 spiro atoms. The monoisotopic (exact) mass is 275 g/mol. The van der Waals surface area contributed by atoms with E-state index in [2.05, 4.69) is 4.98 Å². The largest absolute Gasteiger partial charge is 0.392 e. The van der Waals surface area contributed by atoms with Gasteiger partial charge in [0.15, 0.2) is 5.13 Å². The van der Waals surface area contributed by atoms with Gasteiger partial charge in [0, 0.05) is 16.8 Å². The Balaban J connectivity index is 2.01.